The van der Waals surface area contributed by atoms with E-state index in [1.807, 2.05) is 36.9 Å². The predicted molar refractivity (Wildman–Crippen MR) is 383 cm³/mol. The second kappa shape index (κ2) is 43.8. The average molecular weight is 1440 g/mol. The third-order valence-corrected chi connectivity index (χ3v) is 19.5. The second-order valence-corrected chi connectivity index (χ2v) is 27.6. The van der Waals surface area contributed by atoms with Gasteiger partial charge in [0.2, 0.25) is 59.1 Å². The quantitative estimate of drug-likeness (QED) is 0.0370. The molecule has 0 unspecified atom stereocenters. The van der Waals surface area contributed by atoms with E-state index >= 15 is 0 Å². The number of nitrogens with one attached hydrogen (secondary N) is 6. The molecule has 0 aliphatic carbocycles. The van der Waals surface area contributed by atoms with Gasteiger partial charge in [0, 0.05) is 106 Å². The number of aliphatic hydroxyl groups is 1. The molecule has 0 saturated carbocycles. The van der Waals surface area contributed by atoms with Crippen molar-refractivity contribution in [2.45, 2.75) is 168 Å². The number of carbonyl (C=O) groups is 12. The molecule has 3 heterocycles. The number of likely N-dealkylation sites (tertiary alicyclic amines) is 1. The summed E-state index contributed by atoms with van der Waals surface area (Å²) < 4.78 is 23.7. The molecule has 12 amide bonds. The maximum absolute atomic E-state index is 14.9. The Hall–Kier alpha value is -8.22. The molecule has 0 spiro atoms. The van der Waals surface area contributed by atoms with Gasteiger partial charge in [-0.2, -0.15) is 0 Å². The first-order valence-corrected chi connectivity index (χ1v) is 36.2. The molecule has 0 aromatic heterocycles. The molecule has 29 heteroatoms. The van der Waals surface area contributed by atoms with Crippen molar-refractivity contribution < 1.29 is 81.6 Å². The molecular weight excluding hydrogens is 1330 g/mol. The molecule has 2 saturated heterocycles. The monoisotopic (exact) mass is 1440 g/mol. The Morgan fingerprint density at radius 2 is 1.23 bits per heavy atom. The number of rotatable bonds is 38. The number of amides is 12. The fourth-order valence-corrected chi connectivity index (χ4v) is 13.2. The second-order valence-electron chi connectivity index (χ2n) is 27.6. The summed E-state index contributed by atoms with van der Waals surface area (Å²) >= 11 is 0. The van der Waals surface area contributed by atoms with Crippen molar-refractivity contribution >= 4 is 70.9 Å². The number of carbonyl (C=O) groups excluding carboxylic acids is 12. The van der Waals surface area contributed by atoms with Gasteiger partial charge >= 0.3 is 0 Å². The number of methoxy groups -OCH3 is 2. The number of imide groups is 1. The summed E-state index contributed by atoms with van der Waals surface area (Å²) in [5.41, 5.74) is 1.34. The third-order valence-electron chi connectivity index (χ3n) is 19.5. The first-order valence-electron chi connectivity index (χ1n) is 36.2. The van der Waals surface area contributed by atoms with Crippen molar-refractivity contribution in [2.75, 3.05) is 120 Å². The summed E-state index contributed by atoms with van der Waals surface area (Å²) in [6.07, 6.45) is 3.11. The Bertz CT molecular complexity index is 3110. The highest BCUT2D eigenvalue weighted by Gasteiger charge is 2.44. The molecule has 2 aromatic carbocycles. The van der Waals surface area contributed by atoms with Crippen LogP contribution in [0.5, 0.6) is 0 Å². The van der Waals surface area contributed by atoms with Crippen LogP contribution in [-0.2, 0) is 82.9 Å². The largest absolute Gasteiger partial charge is 0.386 e. The zero-order valence-corrected chi connectivity index (χ0v) is 62.4. The average Bonchev–Trinajstić information content (AvgIpc) is 1.58. The molecule has 7 N–H and O–H groups in total. The minimum Gasteiger partial charge on any atom is -0.386 e. The number of likely N-dealkylation sites (N-methyl/N-ethyl adjacent to an activating group) is 2. The molecule has 5 rings (SSSR count). The molecule has 103 heavy (non-hydrogen) atoms. The lowest BCUT2D eigenvalue weighted by Gasteiger charge is -2.41. The van der Waals surface area contributed by atoms with Crippen molar-refractivity contribution in [1.82, 2.24) is 61.3 Å². The van der Waals surface area contributed by atoms with Gasteiger partial charge in [-0.15, -0.1) is 0 Å². The van der Waals surface area contributed by atoms with Crippen LogP contribution in [0.25, 0.3) is 0 Å². The summed E-state index contributed by atoms with van der Waals surface area (Å²) in [6.45, 7) is 16.8. The SMILES string of the molecule is CC[C@H](C)[C@@H]([C@@H](CC(=O)N1CCC[C@@H]1[C@H](OC)[C@@H](C)C(=O)N[C@H](C)[C@@H](O)c1ccccc1)OC)N(C)C(=O)[C@@H](NC(=O)[C@H](C(C)C)N(C)C(=O)CNC(=O)[C@H](Cc1ccccc1)NC(=O)CNC(=O)CNC(=O)CCN1CCOCCN(C(=O)CCCCN2C(=O)C=CC2=O)CCOCC1)C(C)C. The molecule has 572 valence electrons. The van der Waals surface area contributed by atoms with Gasteiger partial charge in [-0.3, -0.25) is 67.3 Å². The first-order chi connectivity index (χ1) is 49.1. The predicted octanol–water partition coefficient (Wildman–Crippen LogP) is 1.51. The third kappa shape index (κ3) is 26.8. The zero-order chi connectivity index (χ0) is 75.9. The van der Waals surface area contributed by atoms with Gasteiger partial charge in [-0.25, -0.2) is 0 Å². The van der Waals surface area contributed by atoms with E-state index in [0.29, 0.717) is 95.7 Å². The lowest BCUT2D eigenvalue weighted by atomic mass is 9.89. The van der Waals surface area contributed by atoms with Crippen LogP contribution < -0.4 is 31.9 Å². The van der Waals surface area contributed by atoms with Crippen LogP contribution in [0.15, 0.2) is 72.8 Å². The fourth-order valence-electron chi connectivity index (χ4n) is 13.2. The molecular formula is C74H114N12O17. The van der Waals surface area contributed by atoms with E-state index in [1.54, 1.807) is 101 Å². The van der Waals surface area contributed by atoms with Gasteiger partial charge in [-0.05, 0) is 61.5 Å². The highest BCUT2D eigenvalue weighted by Crippen LogP contribution is 2.30. The van der Waals surface area contributed by atoms with Gasteiger partial charge < -0.3 is 75.6 Å². The minimum atomic E-state index is -1.22. The summed E-state index contributed by atoms with van der Waals surface area (Å²) in [5, 5.41) is 27.1. The number of hydrogen-bond acceptors (Lipinski definition) is 18. The van der Waals surface area contributed by atoms with Crippen LogP contribution in [0.3, 0.4) is 0 Å². The van der Waals surface area contributed by atoms with Crippen molar-refractivity contribution in [3.05, 3.63) is 83.9 Å². The van der Waals surface area contributed by atoms with Crippen molar-refractivity contribution in [1.29, 1.82) is 0 Å². The molecule has 0 bridgehead atoms. The Kier molecular flexibility index (Phi) is 36.3. The van der Waals surface area contributed by atoms with Gasteiger partial charge in [-0.1, -0.05) is 116 Å². The number of nitrogens with zero attached hydrogens (tertiary/aromatic N) is 6. The minimum absolute atomic E-state index is 0.00466. The smallest absolute Gasteiger partial charge is 0.253 e. The van der Waals surface area contributed by atoms with Gasteiger partial charge in [0.05, 0.1) is 94.8 Å². The highest BCUT2D eigenvalue weighted by atomic mass is 16.5. The number of ether oxygens (including phenoxy) is 4. The lowest BCUT2D eigenvalue weighted by molar-refractivity contribution is -0.148. The van der Waals surface area contributed by atoms with Gasteiger partial charge in [0.15, 0.2) is 0 Å². The van der Waals surface area contributed by atoms with Crippen LogP contribution >= 0.6 is 0 Å². The molecule has 29 nitrogen and oxygen atoms in total. The molecule has 3 aliphatic heterocycles. The molecule has 2 aromatic rings. The normalized spacial score (nSPS) is 18.4. The number of aliphatic hydroxyl groups excluding tert-OH is 1. The summed E-state index contributed by atoms with van der Waals surface area (Å²) in [7, 11) is 6.04. The van der Waals surface area contributed by atoms with E-state index in [1.165, 1.54) is 43.2 Å². The van der Waals surface area contributed by atoms with Crippen molar-refractivity contribution in [2.24, 2.45) is 23.7 Å². The maximum atomic E-state index is 14.9. The van der Waals surface area contributed by atoms with Gasteiger partial charge in [0.25, 0.3) is 11.8 Å². The molecule has 2 fully saturated rings. The van der Waals surface area contributed by atoms with Crippen LogP contribution in [0, 0.1) is 23.7 Å². The van der Waals surface area contributed by atoms with E-state index in [2.05, 4.69) is 31.9 Å². The number of hydrogen-bond donors (Lipinski definition) is 7. The van der Waals surface area contributed by atoms with Crippen LogP contribution in [0.1, 0.15) is 124 Å². The first kappa shape index (κ1) is 85.4. The number of benzene rings is 2. The van der Waals surface area contributed by atoms with E-state index in [9.17, 15) is 62.6 Å². The summed E-state index contributed by atoms with van der Waals surface area (Å²) in [4.78, 5) is 171. The van der Waals surface area contributed by atoms with E-state index < -0.39 is 133 Å². The standard InChI is InChI=1S/C74H114N12O17/c1-13-50(6)68(57(100-11)44-64(93)85-33-22-27-56(85)70(101-12)51(7)71(96)78-52(8)69(95)54-25-18-15-19-26-54)82(10)74(99)66(48(2)3)80-73(98)67(49(4)5)81(9)65(94)47-77-72(97)55(43-53-23-16-14-17-24-53)79-60(89)46-76-59(88)45-75-58(87)31-34-83-35-39-102-41-37-84(38-42-103-40-36-83)61(90)28-20-21-32-86-62(91)29-30-63(86)92/h14-19,23-26,29-30,48-52,55-57,66-70,95H,13,20-22,27-28,31-47H2,1-12H3,(H,75,87)(H,76,88)(H,77,97)(H,78,96)(H,79,89)(H,80,98)/t50-,51+,52+,55-,56+,57+,66-,67-,68-,69+,70+/m0/s1. The van der Waals surface area contributed by atoms with E-state index in [0.717, 1.165) is 4.90 Å². The van der Waals surface area contributed by atoms with Crippen LogP contribution in [0.2, 0.25) is 0 Å². The lowest BCUT2D eigenvalue weighted by Crippen LogP contribution is -2.61. The molecule has 3 aliphatic rings. The topological polar surface area (TPSA) is 354 Å². The molecule has 0 radical (unpaired) electrons. The Morgan fingerprint density at radius 1 is 0.631 bits per heavy atom. The van der Waals surface area contributed by atoms with Crippen molar-refractivity contribution in [3.8, 4) is 0 Å². The van der Waals surface area contributed by atoms with Crippen molar-refractivity contribution in [3.63, 3.8) is 0 Å². The Labute approximate surface area is 606 Å². The fraction of sp³-hybridized carbons (Fsp3) is 0.649. The Balaban J connectivity index is 1.10. The Morgan fingerprint density at radius 3 is 1.83 bits per heavy atom. The summed E-state index contributed by atoms with van der Waals surface area (Å²) in [5.74, 6) is -7.46. The van der Waals surface area contributed by atoms with E-state index in [4.69, 9.17) is 18.9 Å². The maximum Gasteiger partial charge on any atom is 0.253 e. The summed E-state index contributed by atoms with van der Waals surface area (Å²) in [6, 6.07) is 12.7. The zero-order valence-electron chi connectivity index (χ0n) is 62.4. The van der Waals surface area contributed by atoms with Crippen LogP contribution in [-0.4, -0.2) is 274 Å². The number of unbranched alkanes of at least 4 members (excludes halogenated alkanes) is 1. The van der Waals surface area contributed by atoms with Gasteiger partial charge in [0.1, 0.15) is 18.1 Å². The molecule has 11 atom stereocenters. The van der Waals surface area contributed by atoms with E-state index in [-0.39, 0.29) is 80.9 Å². The van der Waals surface area contributed by atoms with Crippen LogP contribution in [0.4, 0.5) is 0 Å². The highest BCUT2D eigenvalue weighted by molar-refractivity contribution is 6.12.